The average molecular weight is 201 g/mol. The van der Waals surface area contributed by atoms with Crippen LogP contribution in [0.2, 0.25) is 0 Å². The predicted molar refractivity (Wildman–Crippen MR) is 62.7 cm³/mol. The summed E-state index contributed by atoms with van der Waals surface area (Å²) in [5, 5.41) is 0. The third-order valence-electron chi connectivity index (χ3n) is 4.25. The van der Waals surface area contributed by atoms with Crippen molar-refractivity contribution in [3.05, 3.63) is 35.4 Å². The molecule has 1 heteroatoms. The summed E-state index contributed by atoms with van der Waals surface area (Å²) in [5.41, 5.74) is 9.51. The zero-order chi connectivity index (χ0) is 10.7. The molecule has 1 aromatic rings. The van der Waals surface area contributed by atoms with E-state index in [0.29, 0.717) is 0 Å². The molecule has 1 nitrogen and oxygen atoms in total. The first kappa shape index (κ1) is 9.41. The zero-order valence-corrected chi connectivity index (χ0v) is 9.59. The van der Waals surface area contributed by atoms with E-state index >= 15 is 0 Å². The van der Waals surface area contributed by atoms with E-state index in [1.54, 1.807) is 0 Å². The first-order valence-electron chi connectivity index (χ1n) is 5.92. The highest BCUT2D eigenvalue weighted by molar-refractivity contribution is 5.39. The molecular weight excluding hydrogens is 182 g/mol. The van der Waals surface area contributed by atoms with Gasteiger partial charge in [0.2, 0.25) is 0 Å². The lowest BCUT2D eigenvalue weighted by Crippen LogP contribution is -2.25. The quantitative estimate of drug-likeness (QED) is 0.781. The number of hydrogen-bond donors (Lipinski definition) is 1. The van der Waals surface area contributed by atoms with Crippen LogP contribution >= 0.6 is 0 Å². The molecule has 0 aromatic heterocycles. The van der Waals surface area contributed by atoms with Crippen molar-refractivity contribution in [1.29, 1.82) is 0 Å². The second-order valence-electron chi connectivity index (χ2n) is 5.93. The van der Waals surface area contributed by atoms with E-state index in [0.717, 1.165) is 12.3 Å². The topological polar surface area (TPSA) is 26.0 Å². The molecule has 2 aliphatic carbocycles. The van der Waals surface area contributed by atoms with Crippen LogP contribution in [0.4, 0.5) is 0 Å². The van der Waals surface area contributed by atoms with E-state index in [1.807, 2.05) is 0 Å². The van der Waals surface area contributed by atoms with Gasteiger partial charge in [0.15, 0.2) is 0 Å². The molecule has 2 saturated carbocycles. The Hall–Kier alpha value is -0.820. The molecule has 0 bridgehead atoms. The van der Waals surface area contributed by atoms with Crippen LogP contribution in [0.1, 0.15) is 50.2 Å². The maximum atomic E-state index is 6.44. The highest BCUT2D eigenvalue weighted by Crippen LogP contribution is 2.60. The van der Waals surface area contributed by atoms with Crippen molar-refractivity contribution in [2.45, 2.75) is 44.6 Å². The maximum absolute atomic E-state index is 6.44. The van der Waals surface area contributed by atoms with Crippen LogP contribution in [0.5, 0.6) is 0 Å². The summed E-state index contributed by atoms with van der Waals surface area (Å²) in [4.78, 5) is 0. The molecule has 3 rings (SSSR count). The predicted octanol–water partition coefficient (Wildman–Crippen LogP) is 3.15. The molecule has 0 aliphatic heterocycles. The standard InChI is InChI=1S/C14H19N/c1-13(2)9-14(13,15)12-5-3-4-11(8-12)10-6-7-10/h3-5,8,10H,6-7,9,15H2,1-2H3. The van der Waals surface area contributed by atoms with E-state index in [4.69, 9.17) is 5.73 Å². The molecule has 0 spiro atoms. The highest BCUT2D eigenvalue weighted by atomic mass is 14.9. The van der Waals surface area contributed by atoms with Crippen LogP contribution in [0.25, 0.3) is 0 Å². The largest absolute Gasteiger partial charge is 0.321 e. The molecule has 2 N–H and O–H groups in total. The van der Waals surface area contributed by atoms with Gasteiger partial charge in [-0.1, -0.05) is 38.1 Å². The van der Waals surface area contributed by atoms with Gasteiger partial charge in [-0.15, -0.1) is 0 Å². The van der Waals surface area contributed by atoms with Crippen LogP contribution in [0.3, 0.4) is 0 Å². The van der Waals surface area contributed by atoms with Crippen LogP contribution in [-0.2, 0) is 5.54 Å². The first-order chi connectivity index (χ1) is 7.03. The molecule has 80 valence electrons. The monoisotopic (exact) mass is 201 g/mol. The van der Waals surface area contributed by atoms with Gasteiger partial charge < -0.3 is 5.73 Å². The number of nitrogens with two attached hydrogens (primary N) is 1. The Balaban J connectivity index is 1.96. The number of benzene rings is 1. The van der Waals surface area contributed by atoms with E-state index < -0.39 is 0 Å². The normalized spacial score (nSPS) is 32.7. The number of rotatable bonds is 2. The van der Waals surface area contributed by atoms with Gasteiger partial charge >= 0.3 is 0 Å². The number of hydrogen-bond acceptors (Lipinski definition) is 1. The lowest BCUT2D eigenvalue weighted by Gasteiger charge is -2.16. The summed E-state index contributed by atoms with van der Waals surface area (Å²) in [7, 11) is 0. The van der Waals surface area contributed by atoms with Gasteiger partial charge in [-0.05, 0) is 41.7 Å². The Bertz CT molecular complexity index is 404. The molecule has 0 saturated heterocycles. The molecule has 1 aromatic carbocycles. The minimum absolute atomic E-state index is 0.0576. The molecule has 0 amide bonds. The second-order valence-corrected chi connectivity index (χ2v) is 5.93. The lowest BCUT2D eigenvalue weighted by molar-refractivity contribution is 0.509. The van der Waals surface area contributed by atoms with Crippen molar-refractivity contribution in [2.24, 2.45) is 11.1 Å². The van der Waals surface area contributed by atoms with Gasteiger partial charge in [0.25, 0.3) is 0 Å². The third-order valence-corrected chi connectivity index (χ3v) is 4.25. The van der Waals surface area contributed by atoms with Gasteiger partial charge in [0.05, 0.1) is 0 Å². The second kappa shape index (κ2) is 2.65. The molecule has 0 radical (unpaired) electrons. The summed E-state index contributed by atoms with van der Waals surface area (Å²) < 4.78 is 0. The molecule has 2 fully saturated rings. The van der Waals surface area contributed by atoms with Crippen LogP contribution in [-0.4, -0.2) is 0 Å². The van der Waals surface area contributed by atoms with Gasteiger partial charge in [-0.25, -0.2) is 0 Å². The fourth-order valence-electron chi connectivity index (χ4n) is 2.63. The molecule has 0 heterocycles. The molecule has 15 heavy (non-hydrogen) atoms. The fourth-order valence-corrected chi connectivity index (χ4v) is 2.63. The van der Waals surface area contributed by atoms with Gasteiger partial charge in [0, 0.05) is 5.54 Å². The van der Waals surface area contributed by atoms with Crippen molar-refractivity contribution >= 4 is 0 Å². The third kappa shape index (κ3) is 1.33. The summed E-state index contributed by atoms with van der Waals surface area (Å²) in [5.74, 6) is 0.829. The van der Waals surface area contributed by atoms with Crippen molar-refractivity contribution in [1.82, 2.24) is 0 Å². The van der Waals surface area contributed by atoms with Gasteiger partial charge in [-0.3, -0.25) is 0 Å². The summed E-state index contributed by atoms with van der Waals surface area (Å²) in [6.07, 6.45) is 3.85. The first-order valence-corrected chi connectivity index (χ1v) is 5.92. The smallest absolute Gasteiger partial charge is 0.0468 e. The molecule has 1 atom stereocenters. The van der Waals surface area contributed by atoms with Gasteiger partial charge in [0.1, 0.15) is 0 Å². The Morgan fingerprint density at radius 3 is 2.47 bits per heavy atom. The lowest BCUT2D eigenvalue weighted by atomic mass is 9.95. The Morgan fingerprint density at radius 2 is 1.93 bits per heavy atom. The van der Waals surface area contributed by atoms with Crippen molar-refractivity contribution in [3.63, 3.8) is 0 Å². The minimum Gasteiger partial charge on any atom is -0.321 e. The van der Waals surface area contributed by atoms with Crippen molar-refractivity contribution < 1.29 is 0 Å². The maximum Gasteiger partial charge on any atom is 0.0468 e. The van der Waals surface area contributed by atoms with Crippen LogP contribution in [0.15, 0.2) is 24.3 Å². The van der Waals surface area contributed by atoms with Crippen LogP contribution < -0.4 is 5.73 Å². The van der Waals surface area contributed by atoms with E-state index in [1.165, 1.54) is 24.0 Å². The zero-order valence-electron chi connectivity index (χ0n) is 9.59. The van der Waals surface area contributed by atoms with Crippen molar-refractivity contribution in [2.75, 3.05) is 0 Å². The SMILES string of the molecule is CC1(C)CC1(N)c1cccc(C2CC2)c1. The summed E-state index contributed by atoms with van der Waals surface area (Å²) >= 11 is 0. The summed E-state index contributed by atoms with van der Waals surface area (Å²) in [6.45, 7) is 4.52. The molecule has 1 unspecified atom stereocenters. The van der Waals surface area contributed by atoms with Gasteiger partial charge in [-0.2, -0.15) is 0 Å². The minimum atomic E-state index is -0.0576. The Kier molecular flexibility index (Phi) is 1.66. The van der Waals surface area contributed by atoms with E-state index in [2.05, 4.69) is 38.1 Å². The van der Waals surface area contributed by atoms with E-state index in [-0.39, 0.29) is 11.0 Å². The molecule has 2 aliphatic rings. The summed E-state index contributed by atoms with van der Waals surface area (Å²) in [6, 6.07) is 8.96. The highest BCUT2D eigenvalue weighted by Gasteiger charge is 2.59. The molecular formula is C14H19N. The fraction of sp³-hybridized carbons (Fsp3) is 0.571. The average Bonchev–Trinajstić information content (AvgIpc) is 3.06. The Morgan fingerprint density at radius 1 is 1.27 bits per heavy atom. The Labute approximate surface area is 91.7 Å². The van der Waals surface area contributed by atoms with E-state index in [9.17, 15) is 0 Å². The van der Waals surface area contributed by atoms with Crippen LogP contribution in [0, 0.1) is 5.41 Å². The van der Waals surface area contributed by atoms with Crippen molar-refractivity contribution in [3.8, 4) is 0 Å².